The molecule has 1 aliphatic rings. The highest BCUT2D eigenvalue weighted by Gasteiger charge is 2.32. The van der Waals surface area contributed by atoms with E-state index in [2.05, 4.69) is 0 Å². The zero-order valence-electron chi connectivity index (χ0n) is 10.2. The van der Waals surface area contributed by atoms with E-state index in [4.69, 9.17) is 5.11 Å². The van der Waals surface area contributed by atoms with Gasteiger partial charge in [0.15, 0.2) is 0 Å². The number of fused-ring (bicyclic) bond motifs is 1. The molecule has 0 saturated heterocycles. The molecule has 7 nitrogen and oxygen atoms in total. The fourth-order valence-electron chi connectivity index (χ4n) is 2.15. The van der Waals surface area contributed by atoms with E-state index in [0.717, 1.165) is 0 Å². The molecule has 0 fully saturated rings. The number of carboxylic acid groups (broad SMARTS) is 1. The van der Waals surface area contributed by atoms with Crippen molar-refractivity contribution in [3.63, 3.8) is 0 Å². The second kappa shape index (κ2) is 4.68. The minimum atomic E-state index is -1.11. The molecule has 1 unspecified atom stereocenters. The predicted octanol–water partition coefficient (Wildman–Crippen LogP) is 1.35. The van der Waals surface area contributed by atoms with Crippen molar-refractivity contribution in [1.29, 1.82) is 0 Å². The van der Waals surface area contributed by atoms with Crippen LogP contribution in [0.25, 0.3) is 0 Å². The van der Waals surface area contributed by atoms with Crippen molar-refractivity contribution < 1.29 is 19.6 Å². The number of nitrogens with zero attached hydrogens (tertiary/aromatic N) is 2. The van der Waals surface area contributed by atoms with E-state index in [1.807, 2.05) is 0 Å². The van der Waals surface area contributed by atoms with Gasteiger partial charge in [-0.15, -0.1) is 0 Å². The summed E-state index contributed by atoms with van der Waals surface area (Å²) in [6.07, 6.45) is 0.546. The maximum atomic E-state index is 11.9. The Balaban J connectivity index is 2.48. The standard InChI is InChI=1S/C12H12N2O5/c1-7(12(16)17)13-10-4-3-9(14(18)19)6-8(10)2-5-11(13)15/h3-4,6-7H,2,5H2,1H3,(H,16,17). The van der Waals surface area contributed by atoms with E-state index in [1.54, 1.807) is 0 Å². The van der Waals surface area contributed by atoms with Gasteiger partial charge in [0.2, 0.25) is 5.91 Å². The monoisotopic (exact) mass is 264 g/mol. The molecule has 100 valence electrons. The van der Waals surface area contributed by atoms with Gasteiger partial charge in [-0.25, -0.2) is 4.79 Å². The number of carbonyl (C=O) groups is 2. The van der Waals surface area contributed by atoms with Gasteiger partial charge in [-0.2, -0.15) is 0 Å². The lowest BCUT2D eigenvalue weighted by Crippen LogP contribution is -2.45. The van der Waals surface area contributed by atoms with Crippen LogP contribution >= 0.6 is 0 Å². The van der Waals surface area contributed by atoms with Crippen LogP contribution in [0.1, 0.15) is 18.9 Å². The van der Waals surface area contributed by atoms with Gasteiger partial charge in [-0.3, -0.25) is 19.8 Å². The van der Waals surface area contributed by atoms with Crippen LogP contribution in [0.3, 0.4) is 0 Å². The first-order valence-electron chi connectivity index (χ1n) is 5.74. The average molecular weight is 264 g/mol. The van der Waals surface area contributed by atoms with Crippen molar-refractivity contribution in [3.8, 4) is 0 Å². The SMILES string of the molecule is CC(C(=O)O)N1C(=O)CCc2cc([N+](=O)[O-])ccc21. The fraction of sp³-hybridized carbons (Fsp3) is 0.333. The number of hydrogen-bond acceptors (Lipinski definition) is 4. The largest absolute Gasteiger partial charge is 0.480 e. The summed E-state index contributed by atoms with van der Waals surface area (Å²) in [6.45, 7) is 1.41. The van der Waals surface area contributed by atoms with Crippen LogP contribution in [0.5, 0.6) is 0 Å². The topological polar surface area (TPSA) is 101 Å². The molecule has 1 aromatic carbocycles. The summed E-state index contributed by atoms with van der Waals surface area (Å²) in [5.41, 5.74) is 1.01. The molecule has 1 aliphatic heterocycles. The molecule has 1 N–H and O–H groups in total. The van der Waals surface area contributed by atoms with Gasteiger partial charge in [0.25, 0.3) is 5.69 Å². The first-order valence-corrected chi connectivity index (χ1v) is 5.74. The van der Waals surface area contributed by atoms with Gasteiger partial charge in [-0.05, 0) is 25.0 Å². The fourth-order valence-corrected chi connectivity index (χ4v) is 2.15. The van der Waals surface area contributed by atoms with Crippen LogP contribution in [-0.2, 0) is 16.0 Å². The molecule has 0 radical (unpaired) electrons. The van der Waals surface area contributed by atoms with Gasteiger partial charge < -0.3 is 5.11 Å². The molecule has 19 heavy (non-hydrogen) atoms. The van der Waals surface area contributed by atoms with Crippen molar-refractivity contribution in [2.75, 3.05) is 4.90 Å². The molecule has 0 bridgehead atoms. The normalized spacial score (nSPS) is 15.8. The van der Waals surface area contributed by atoms with E-state index in [-0.39, 0.29) is 18.0 Å². The van der Waals surface area contributed by atoms with Crippen LogP contribution in [0.4, 0.5) is 11.4 Å². The van der Waals surface area contributed by atoms with E-state index < -0.39 is 16.9 Å². The highest BCUT2D eigenvalue weighted by molar-refractivity contribution is 6.01. The van der Waals surface area contributed by atoms with Crippen LogP contribution in [-0.4, -0.2) is 27.9 Å². The number of aryl methyl sites for hydroxylation is 1. The second-order valence-corrected chi connectivity index (χ2v) is 4.35. The van der Waals surface area contributed by atoms with Crippen LogP contribution < -0.4 is 4.90 Å². The summed E-state index contributed by atoms with van der Waals surface area (Å²) >= 11 is 0. The highest BCUT2D eigenvalue weighted by atomic mass is 16.6. The first kappa shape index (κ1) is 13.0. The number of carbonyl (C=O) groups excluding carboxylic acids is 1. The lowest BCUT2D eigenvalue weighted by Gasteiger charge is -2.32. The molecule has 7 heteroatoms. The third-order valence-electron chi connectivity index (χ3n) is 3.16. The Morgan fingerprint density at radius 3 is 2.74 bits per heavy atom. The molecule has 2 rings (SSSR count). The van der Waals surface area contributed by atoms with Gasteiger partial charge in [-0.1, -0.05) is 0 Å². The smallest absolute Gasteiger partial charge is 0.326 e. The minimum absolute atomic E-state index is 0.0592. The molecule has 0 spiro atoms. The summed E-state index contributed by atoms with van der Waals surface area (Å²) in [5, 5.41) is 19.7. The Morgan fingerprint density at radius 1 is 1.47 bits per heavy atom. The lowest BCUT2D eigenvalue weighted by molar-refractivity contribution is -0.384. The summed E-state index contributed by atoms with van der Waals surface area (Å²) in [4.78, 5) is 34.3. The number of anilines is 1. The van der Waals surface area contributed by atoms with Crippen molar-refractivity contribution in [3.05, 3.63) is 33.9 Å². The number of rotatable bonds is 3. The summed E-state index contributed by atoms with van der Waals surface area (Å²) in [5.74, 6) is -1.39. The Hall–Kier alpha value is -2.44. The zero-order valence-corrected chi connectivity index (χ0v) is 10.2. The lowest BCUT2D eigenvalue weighted by atomic mass is 9.99. The minimum Gasteiger partial charge on any atom is -0.480 e. The zero-order chi connectivity index (χ0) is 14.2. The number of aliphatic carboxylic acids is 1. The number of benzene rings is 1. The number of nitro groups is 1. The van der Waals surface area contributed by atoms with Crippen LogP contribution in [0.15, 0.2) is 18.2 Å². The second-order valence-electron chi connectivity index (χ2n) is 4.35. The Morgan fingerprint density at radius 2 is 2.16 bits per heavy atom. The number of amides is 1. The molecule has 1 heterocycles. The maximum absolute atomic E-state index is 11.9. The molecular weight excluding hydrogens is 252 g/mol. The Bertz CT molecular complexity index is 569. The van der Waals surface area contributed by atoms with Crippen molar-refractivity contribution in [1.82, 2.24) is 0 Å². The summed E-state index contributed by atoms with van der Waals surface area (Å²) in [7, 11) is 0. The van der Waals surface area contributed by atoms with Crippen molar-refractivity contribution in [2.24, 2.45) is 0 Å². The van der Waals surface area contributed by atoms with Gasteiger partial charge in [0.05, 0.1) is 4.92 Å². The summed E-state index contributed by atoms with van der Waals surface area (Å²) in [6, 6.07) is 3.11. The van der Waals surface area contributed by atoms with E-state index in [1.165, 1.54) is 30.0 Å². The average Bonchev–Trinajstić information content (AvgIpc) is 2.37. The van der Waals surface area contributed by atoms with Gasteiger partial charge in [0.1, 0.15) is 6.04 Å². The molecule has 0 aromatic heterocycles. The number of non-ortho nitro benzene ring substituents is 1. The van der Waals surface area contributed by atoms with E-state index >= 15 is 0 Å². The number of carboxylic acids is 1. The Kier molecular flexibility index (Phi) is 3.20. The number of nitro benzene ring substituents is 1. The van der Waals surface area contributed by atoms with Crippen LogP contribution in [0.2, 0.25) is 0 Å². The number of hydrogen-bond donors (Lipinski definition) is 1. The van der Waals surface area contributed by atoms with Gasteiger partial charge in [0, 0.05) is 24.2 Å². The molecule has 0 aliphatic carbocycles. The van der Waals surface area contributed by atoms with E-state index in [9.17, 15) is 19.7 Å². The Labute approximate surface area is 108 Å². The molecule has 1 aromatic rings. The highest BCUT2D eigenvalue weighted by Crippen LogP contribution is 2.32. The predicted molar refractivity (Wildman–Crippen MR) is 66.0 cm³/mol. The maximum Gasteiger partial charge on any atom is 0.326 e. The van der Waals surface area contributed by atoms with Crippen molar-refractivity contribution >= 4 is 23.3 Å². The summed E-state index contributed by atoms with van der Waals surface area (Å²) < 4.78 is 0. The van der Waals surface area contributed by atoms with Crippen LogP contribution in [0, 0.1) is 10.1 Å². The van der Waals surface area contributed by atoms with Crippen molar-refractivity contribution in [2.45, 2.75) is 25.8 Å². The van der Waals surface area contributed by atoms with E-state index in [0.29, 0.717) is 17.7 Å². The third-order valence-corrected chi connectivity index (χ3v) is 3.16. The molecular formula is C12H12N2O5. The van der Waals surface area contributed by atoms with Gasteiger partial charge >= 0.3 is 5.97 Å². The molecule has 0 saturated carbocycles. The first-order chi connectivity index (χ1) is 8.91. The quantitative estimate of drug-likeness (QED) is 0.655. The third kappa shape index (κ3) is 2.26. The molecule has 1 atom stereocenters. The molecule has 1 amide bonds.